The average molecular weight is 483 g/mol. The number of nitriles is 1. The largest absolute Gasteiger partial charge is 0.491 e. The van der Waals surface area contributed by atoms with Gasteiger partial charge in [-0.2, -0.15) is 5.26 Å². The van der Waals surface area contributed by atoms with Crippen LogP contribution < -0.4 is 4.74 Å². The maximum atomic E-state index is 13.9. The predicted octanol–water partition coefficient (Wildman–Crippen LogP) is 5.66. The summed E-state index contributed by atoms with van der Waals surface area (Å²) in [6, 6.07) is 16.9. The third-order valence-electron chi connectivity index (χ3n) is 6.00. The summed E-state index contributed by atoms with van der Waals surface area (Å²) < 4.78 is 6.01. The molecule has 170 valence electrons. The predicted molar refractivity (Wildman–Crippen MR) is 130 cm³/mol. The lowest BCUT2D eigenvalue weighted by atomic mass is 9.93. The Hall–Kier alpha value is -2.78. The number of aliphatic hydroxyl groups is 1. The van der Waals surface area contributed by atoms with Gasteiger partial charge in [-0.05, 0) is 41.0 Å². The molecule has 1 N–H and O–H groups in total. The molecular weight excluding hydrogens is 459 g/mol. The fourth-order valence-electron chi connectivity index (χ4n) is 4.38. The molecule has 5 nitrogen and oxygen atoms in total. The zero-order valence-corrected chi connectivity index (χ0v) is 19.7. The van der Waals surface area contributed by atoms with Crippen LogP contribution in [0.25, 0.3) is 10.8 Å². The molecule has 4 rings (SSSR count). The number of benzene rings is 3. The maximum Gasteiger partial charge on any atom is 0.258 e. The van der Waals surface area contributed by atoms with Crippen molar-refractivity contribution in [1.82, 2.24) is 4.90 Å². The van der Waals surface area contributed by atoms with Crippen molar-refractivity contribution in [2.75, 3.05) is 26.3 Å². The Bertz CT molecular complexity index is 1240. The summed E-state index contributed by atoms with van der Waals surface area (Å²) in [6.07, 6.45) is 0.471. The first kappa shape index (κ1) is 23.4. The molecule has 1 aliphatic rings. The Balaban J connectivity index is 1.79. The highest BCUT2D eigenvalue weighted by Gasteiger charge is 2.31. The van der Waals surface area contributed by atoms with Crippen molar-refractivity contribution < 1.29 is 14.6 Å². The topological polar surface area (TPSA) is 73.6 Å². The van der Waals surface area contributed by atoms with Gasteiger partial charge in [0, 0.05) is 31.5 Å². The van der Waals surface area contributed by atoms with E-state index in [0.717, 1.165) is 16.3 Å². The molecule has 0 fully saturated rings. The Morgan fingerprint density at radius 2 is 2.00 bits per heavy atom. The Morgan fingerprint density at radius 3 is 2.73 bits per heavy atom. The first-order valence-electron chi connectivity index (χ1n) is 10.9. The average Bonchev–Trinajstić information content (AvgIpc) is 2.81. The van der Waals surface area contributed by atoms with Gasteiger partial charge in [-0.25, -0.2) is 0 Å². The van der Waals surface area contributed by atoms with Crippen molar-refractivity contribution in [3.05, 3.63) is 75.3 Å². The third-order valence-corrected chi connectivity index (χ3v) is 6.74. The van der Waals surface area contributed by atoms with Gasteiger partial charge in [-0.1, -0.05) is 60.5 Å². The van der Waals surface area contributed by atoms with Crippen molar-refractivity contribution in [3.63, 3.8) is 0 Å². The molecule has 0 radical (unpaired) electrons. The molecule has 2 atom stereocenters. The molecule has 0 spiro atoms. The number of ether oxygens (including phenoxy) is 1. The number of hydrogen-bond donors (Lipinski definition) is 1. The minimum absolute atomic E-state index is 0.0241. The van der Waals surface area contributed by atoms with Crippen molar-refractivity contribution >= 4 is 39.9 Å². The highest BCUT2D eigenvalue weighted by molar-refractivity contribution is 6.42. The van der Waals surface area contributed by atoms with Crippen LogP contribution in [0.4, 0.5) is 0 Å². The monoisotopic (exact) mass is 482 g/mol. The molecule has 1 heterocycles. The molecule has 1 amide bonds. The summed E-state index contributed by atoms with van der Waals surface area (Å²) in [5, 5.41) is 21.9. The number of carbonyl (C=O) groups is 1. The molecule has 0 saturated heterocycles. The second-order valence-electron chi connectivity index (χ2n) is 8.47. The van der Waals surface area contributed by atoms with Crippen LogP contribution in [0.15, 0.2) is 48.5 Å². The Morgan fingerprint density at radius 1 is 1.21 bits per heavy atom. The van der Waals surface area contributed by atoms with Gasteiger partial charge in [0.25, 0.3) is 5.91 Å². The molecule has 33 heavy (non-hydrogen) atoms. The van der Waals surface area contributed by atoms with E-state index in [1.54, 1.807) is 18.2 Å². The van der Waals surface area contributed by atoms with Crippen LogP contribution in [0, 0.1) is 17.2 Å². The van der Waals surface area contributed by atoms with Gasteiger partial charge in [0.05, 0.1) is 27.8 Å². The molecule has 3 aromatic carbocycles. The van der Waals surface area contributed by atoms with Gasteiger partial charge in [0.2, 0.25) is 0 Å². The van der Waals surface area contributed by atoms with Gasteiger partial charge in [-0.3, -0.25) is 4.79 Å². The minimum atomic E-state index is -0.187. The minimum Gasteiger partial charge on any atom is -0.491 e. The quantitative estimate of drug-likeness (QED) is 0.509. The molecule has 0 unspecified atom stereocenters. The van der Waals surface area contributed by atoms with Gasteiger partial charge >= 0.3 is 0 Å². The number of carbonyl (C=O) groups excluding carboxylic acids is 1. The maximum absolute atomic E-state index is 13.9. The summed E-state index contributed by atoms with van der Waals surface area (Å²) in [4.78, 5) is 15.7. The van der Waals surface area contributed by atoms with Crippen molar-refractivity contribution in [2.45, 2.75) is 19.3 Å². The highest BCUT2D eigenvalue weighted by Crippen LogP contribution is 2.36. The first-order valence-corrected chi connectivity index (χ1v) is 11.6. The lowest BCUT2D eigenvalue weighted by molar-refractivity contribution is 0.0666. The molecule has 0 bridgehead atoms. The number of nitrogens with zero attached hydrogens (tertiary/aromatic N) is 2. The van der Waals surface area contributed by atoms with Crippen LogP contribution in [0.5, 0.6) is 5.75 Å². The first-order chi connectivity index (χ1) is 15.9. The Labute approximate surface area is 203 Å². The molecule has 0 aromatic heterocycles. The van der Waals surface area contributed by atoms with Crippen LogP contribution in [0.2, 0.25) is 10.0 Å². The third kappa shape index (κ3) is 4.79. The second-order valence-corrected chi connectivity index (χ2v) is 9.28. The van der Waals surface area contributed by atoms with Crippen molar-refractivity contribution in [3.8, 4) is 11.8 Å². The lowest BCUT2D eigenvalue weighted by Gasteiger charge is -2.33. The van der Waals surface area contributed by atoms with E-state index >= 15 is 0 Å². The van der Waals surface area contributed by atoms with Gasteiger partial charge in [0.15, 0.2) is 0 Å². The van der Waals surface area contributed by atoms with E-state index in [1.165, 1.54) is 0 Å². The van der Waals surface area contributed by atoms with Crippen LogP contribution in [0.3, 0.4) is 0 Å². The van der Waals surface area contributed by atoms with Crippen LogP contribution in [-0.4, -0.2) is 42.2 Å². The number of amides is 1. The SMILES string of the molecule is C[C@H]1COc2c(C#N)cc3ccccc3c2C(=O)N(C[C@@H](CCO)c2ccc(Cl)c(Cl)c2)C1. The zero-order valence-electron chi connectivity index (χ0n) is 18.2. The van der Waals surface area contributed by atoms with E-state index in [0.29, 0.717) is 53.0 Å². The van der Waals surface area contributed by atoms with Crippen LogP contribution in [0.1, 0.15) is 40.7 Å². The molecular formula is C26H24Cl2N2O3. The van der Waals surface area contributed by atoms with Gasteiger partial charge < -0.3 is 14.7 Å². The standard InChI is InChI=1S/C26H24Cl2N2O3/c1-16-13-30(14-19(8-9-31)17-6-7-22(27)23(28)11-17)26(32)24-21-5-3-2-4-18(21)10-20(12-29)25(24)33-15-16/h2-7,10-11,16,19,31H,8-9,13-15H2,1H3/t16-,19-/m1/s1. The summed E-state index contributed by atoms with van der Waals surface area (Å²) in [5.74, 6) is 0.0812. The number of aliphatic hydroxyl groups excluding tert-OH is 1. The highest BCUT2D eigenvalue weighted by atomic mass is 35.5. The van der Waals surface area contributed by atoms with Crippen molar-refractivity contribution in [1.29, 1.82) is 5.26 Å². The summed E-state index contributed by atoms with van der Waals surface area (Å²) in [5.41, 5.74) is 1.67. The Kier molecular flexibility index (Phi) is 7.09. The van der Waals surface area contributed by atoms with E-state index in [9.17, 15) is 15.2 Å². The van der Waals surface area contributed by atoms with Crippen LogP contribution >= 0.6 is 23.2 Å². The second kappa shape index (κ2) is 10.0. The van der Waals surface area contributed by atoms with E-state index in [2.05, 4.69) is 6.07 Å². The van der Waals surface area contributed by atoms with Gasteiger partial charge in [0.1, 0.15) is 11.8 Å². The normalized spacial score (nSPS) is 17.0. The fourth-order valence-corrected chi connectivity index (χ4v) is 4.68. The van der Waals surface area contributed by atoms with E-state index in [1.807, 2.05) is 42.2 Å². The molecule has 3 aromatic rings. The number of rotatable bonds is 5. The van der Waals surface area contributed by atoms with E-state index < -0.39 is 0 Å². The zero-order chi connectivity index (χ0) is 23.5. The van der Waals surface area contributed by atoms with E-state index in [-0.39, 0.29) is 24.3 Å². The molecule has 7 heteroatoms. The number of fused-ring (bicyclic) bond motifs is 3. The summed E-state index contributed by atoms with van der Waals surface area (Å²) in [6.45, 7) is 3.27. The van der Waals surface area contributed by atoms with Gasteiger partial charge in [-0.15, -0.1) is 0 Å². The number of hydrogen-bond acceptors (Lipinski definition) is 4. The van der Waals surface area contributed by atoms with Crippen LogP contribution in [-0.2, 0) is 0 Å². The fraction of sp³-hybridized carbons (Fsp3) is 0.308. The molecule has 0 aliphatic carbocycles. The van der Waals surface area contributed by atoms with Crippen molar-refractivity contribution in [2.24, 2.45) is 5.92 Å². The smallest absolute Gasteiger partial charge is 0.258 e. The van der Waals surface area contributed by atoms with E-state index in [4.69, 9.17) is 27.9 Å². The number of halogens is 2. The molecule has 1 aliphatic heterocycles. The lowest BCUT2D eigenvalue weighted by Crippen LogP contribution is -2.41. The summed E-state index contributed by atoms with van der Waals surface area (Å²) in [7, 11) is 0. The molecule has 0 saturated carbocycles. The summed E-state index contributed by atoms with van der Waals surface area (Å²) >= 11 is 12.3.